The average Bonchev–Trinajstić information content (AvgIpc) is 2.39. The first-order valence-electron chi connectivity index (χ1n) is 5.33. The summed E-state index contributed by atoms with van der Waals surface area (Å²) in [6.07, 6.45) is 4.52. The van der Waals surface area contributed by atoms with E-state index in [1.807, 2.05) is 0 Å². The standard InChI is InChI=1S/C12H11N3O3S/c16-19(17,18)12-6-2-1-4-10(12)8-14-15-11-5-3-7-13-9-11/h1-9,15H,(H,16,17,18). The Bertz CT molecular complexity index is 684. The van der Waals surface area contributed by atoms with E-state index in [1.165, 1.54) is 24.4 Å². The summed E-state index contributed by atoms with van der Waals surface area (Å²) in [5.74, 6) is 0. The van der Waals surface area contributed by atoms with Crippen molar-refractivity contribution in [2.24, 2.45) is 5.10 Å². The highest BCUT2D eigenvalue weighted by atomic mass is 32.2. The van der Waals surface area contributed by atoms with Gasteiger partial charge in [0.15, 0.2) is 0 Å². The molecule has 0 bridgehead atoms. The molecule has 1 aromatic carbocycles. The van der Waals surface area contributed by atoms with Gasteiger partial charge in [-0.2, -0.15) is 13.5 Å². The van der Waals surface area contributed by atoms with Gasteiger partial charge in [0.2, 0.25) is 0 Å². The van der Waals surface area contributed by atoms with Crippen molar-refractivity contribution in [3.05, 3.63) is 54.4 Å². The highest BCUT2D eigenvalue weighted by molar-refractivity contribution is 7.86. The number of benzene rings is 1. The predicted octanol–water partition coefficient (Wildman–Crippen LogP) is 1.77. The number of anilines is 1. The SMILES string of the molecule is O=S(=O)(O)c1ccccc1C=NNc1cccnc1. The lowest BCUT2D eigenvalue weighted by molar-refractivity contribution is 0.483. The van der Waals surface area contributed by atoms with Crippen LogP contribution in [0.15, 0.2) is 58.8 Å². The molecule has 0 fully saturated rings. The Morgan fingerprint density at radius 3 is 2.68 bits per heavy atom. The molecular weight excluding hydrogens is 266 g/mol. The smallest absolute Gasteiger partial charge is 0.282 e. The average molecular weight is 277 g/mol. The second-order valence-electron chi connectivity index (χ2n) is 3.62. The van der Waals surface area contributed by atoms with Gasteiger partial charge >= 0.3 is 0 Å². The molecule has 2 rings (SSSR count). The summed E-state index contributed by atoms with van der Waals surface area (Å²) in [7, 11) is -4.26. The third-order valence-corrected chi connectivity index (χ3v) is 3.18. The van der Waals surface area contributed by atoms with E-state index in [9.17, 15) is 8.42 Å². The maximum atomic E-state index is 11.2. The molecule has 0 spiro atoms. The number of nitrogens with zero attached hydrogens (tertiary/aromatic N) is 2. The zero-order valence-electron chi connectivity index (χ0n) is 9.76. The van der Waals surface area contributed by atoms with E-state index in [-0.39, 0.29) is 4.90 Å². The maximum absolute atomic E-state index is 11.2. The Hall–Kier alpha value is -2.25. The molecule has 0 amide bonds. The minimum atomic E-state index is -4.26. The lowest BCUT2D eigenvalue weighted by Gasteiger charge is -2.02. The van der Waals surface area contributed by atoms with Crippen molar-refractivity contribution in [3.8, 4) is 0 Å². The minimum absolute atomic E-state index is 0.188. The third kappa shape index (κ3) is 3.60. The Kier molecular flexibility index (Phi) is 3.88. The van der Waals surface area contributed by atoms with E-state index in [0.717, 1.165) is 0 Å². The van der Waals surface area contributed by atoms with Crippen LogP contribution in [0.1, 0.15) is 5.56 Å². The minimum Gasteiger partial charge on any atom is -0.282 e. The molecule has 6 nitrogen and oxygen atoms in total. The van der Waals surface area contributed by atoms with Crippen molar-refractivity contribution in [2.75, 3.05) is 5.43 Å². The van der Waals surface area contributed by atoms with Gasteiger partial charge < -0.3 is 0 Å². The van der Waals surface area contributed by atoms with E-state index in [0.29, 0.717) is 11.3 Å². The van der Waals surface area contributed by atoms with E-state index < -0.39 is 10.1 Å². The molecule has 19 heavy (non-hydrogen) atoms. The number of hydrazone groups is 1. The van der Waals surface area contributed by atoms with E-state index in [4.69, 9.17) is 4.55 Å². The number of pyridine rings is 1. The zero-order valence-corrected chi connectivity index (χ0v) is 10.6. The monoisotopic (exact) mass is 277 g/mol. The van der Waals surface area contributed by atoms with Crippen LogP contribution in [-0.4, -0.2) is 24.2 Å². The highest BCUT2D eigenvalue weighted by Gasteiger charge is 2.12. The number of aromatic nitrogens is 1. The largest absolute Gasteiger partial charge is 0.295 e. The first kappa shape index (κ1) is 13.2. The lowest BCUT2D eigenvalue weighted by Crippen LogP contribution is -2.03. The fourth-order valence-electron chi connectivity index (χ4n) is 1.43. The molecule has 0 aliphatic rings. The van der Waals surface area contributed by atoms with Crippen molar-refractivity contribution in [1.29, 1.82) is 0 Å². The Morgan fingerprint density at radius 1 is 1.21 bits per heavy atom. The van der Waals surface area contributed by atoms with Crippen LogP contribution in [0.5, 0.6) is 0 Å². The van der Waals surface area contributed by atoms with Gasteiger partial charge in [0.1, 0.15) is 4.90 Å². The van der Waals surface area contributed by atoms with E-state index in [2.05, 4.69) is 15.5 Å². The van der Waals surface area contributed by atoms with Gasteiger partial charge in [0.25, 0.3) is 10.1 Å². The summed E-state index contributed by atoms with van der Waals surface area (Å²) in [5, 5.41) is 3.90. The number of hydrogen-bond donors (Lipinski definition) is 2. The predicted molar refractivity (Wildman–Crippen MR) is 71.7 cm³/mol. The molecule has 2 N–H and O–H groups in total. The molecule has 0 aliphatic carbocycles. The molecule has 1 heterocycles. The number of hydrogen-bond acceptors (Lipinski definition) is 5. The normalized spacial score (nSPS) is 11.6. The van der Waals surface area contributed by atoms with Gasteiger partial charge in [-0.25, -0.2) is 0 Å². The fraction of sp³-hybridized carbons (Fsp3) is 0. The van der Waals surface area contributed by atoms with Crippen molar-refractivity contribution >= 4 is 22.0 Å². The van der Waals surface area contributed by atoms with Crippen LogP contribution >= 0.6 is 0 Å². The van der Waals surface area contributed by atoms with Gasteiger partial charge in [-0.05, 0) is 18.2 Å². The molecule has 0 saturated carbocycles. The molecule has 0 radical (unpaired) electrons. The van der Waals surface area contributed by atoms with Crippen LogP contribution in [0.2, 0.25) is 0 Å². The van der Waals surface area contributed by atoms with Crippen LogP contribution in [-0.2, 0) is 10.1 Å². The third-order valence-electron chi connectivity index (χ3n) is 2.26. The lowest BCUT2D eigenvalue weighted by atomic mass is 10.2. The van der Waals surface area contributed by atoms with Crippen LogP contribution in [0.25, 0.3) is 0 Å². The van der Waals surface area contributed by atoms with Crippen molar-refractivity contribution < 1.29 is 13.0 Å². The molecule has 7 heteroatoms. The van der Waals surface area contributed by atoms with E-state index in [1.54, 1.807) is 30.6 Å². The topological polar surface area (TPSA) is 91.7 Å². The molecule has 1 aromatic heterocycles. The van der Waals surface area contributed by atoms with Crippen molar-refractivity contribution in [3.63, 3.8) is 0 Å². The Balaban J connectivity index is 2.20. The van der Waals surface area contributed by atoms with Gasteiger partial charge in [0, 0.05) is 11.8 Å². The second kappa shape index (κ2) is 5.59. The molecule has 2 aromatic rings. The molecule has 0 saturated heterocycles. The van der Waals surface area contributed by atoms with Gasteiger partial charge in [0.05, 0.1) is 18.1 Å². The van der Waals surface area contributed by atoms with Crippen molar-refractivity contribution in [2.45, 2.75) is 4.90 Å². The summed E-state index contributed by atoms with van der Waals surface area (Å²) in [6, 6.07) is 9.52. The molecule has 0 atom stereocenters. The molecule has 98 valence electrons. The van der Waals surface area contributed by atoms with Crippen LogP contribution < -0.4 is 5.43 Å². The summed E-state index contributed by atoms with van der Waals surface area (Å²) in [4.78, 5) is 3.71. The summed E-state index contributed by atoms with van der Waals surface area (Å²) >= 11 is 0. The number of nitrogens with one attached hydrogen (secondary N) is 1. The molecule has 0 aliphatic heterocycles. The Labute approximate surface area is 110 Å². The first-order chi connectivity index (χ1) is 9.07. The van der Waals surface area contributed by atoms with Crippen LogP contribution in [0.3, 0.4) is 0 Å². The highest BCUT2D eigenvalue weighted by Crippen LogP contribution is 2.13. The van der Waals surface area contributed by atoms with Crippen LogP contribution in [0.4, 0.5) is 5.69 Å². The molecule has 0 unspecified atom stereocenters. The van der Waals surface area contributed by atoms with E-state index >= 15 is 0 Å². The van der Waals surface area contributed by atoms with Crippen molar-refractivity contribution in [1.82, 2.24) is 4.98 Å². The summed E-state index contributed by atoms with van der Waals surface area (Å²) < 4.78 is 31.4. The quantitative estimate of drug-likeness (QED) is 0.505. The first-order valence-corrected chi connectivity index (χ1v) is 6.77. The molecular formula is C12H11N3O3S. The Morgan fingerprint density at radius 2 is 2.00 bits per heavy atom. The van der Waals surface area contributed by atoms with Gasteiger partial charge in [-0.1, -0.05) is 18.2 Å². The van der Waals surface area contributed by atoms with Gasteiger partial charge in [-0.3, -0.25) is 15.0 Å². The summed E-state index contributed by atoms with van der Waals surface area (Å²) in [5.41, 5.74) is 3.66. The van der Waals surface area contributed by atoms with Crippen LogP contribution in [0, 0.1) is 0 Å². The zero-order chi connectivity index (χ0) is 13.7. The maximum Gasteiger partial charge on any atom is 0.295 e. The van der Waals surface area contributed by atoms with Gasteiger partial charge in [-0.15, -0.1) is 0 Å². The number of rotatable bonds is 4. The fourth-order valence-corrected chi connectivity index (χ4v) is 2.10. The summed E-state index contributed by atoms with van der Waals surface area (Å²) in [6.45, 7) is 0. The second-order valence-corrected chi connectivity index (χ2v) is 5.01.